The average Bonchev–Trinajstić information content (AvgIpc) is 3.08. The summed E-state index contributed by atoms with van der Waals surface area (Å²) in [7, 11) is 0. The smallest absolute Gasteiger partial charge is 0.223 e. The summed E-state index contributed by atoms with van der Waals surface area (Å²) in [4.78, 5) is 13.2. The first-order valence-corrected chi connectivity index (χ1v) is 9.42. The summed E-state index contributed by atoms with van der Waals surface area (Å²) in [6, 6.07) is 4.81. The highest BCUT2D eigenvalue weighted by atomic mass is 35.5. The maximum atomic E-state index is 14.0. The molecule has 0 aliphatic carbocycles. The van der Waals surface area contributed by atoms with Gasteiger partial charge in [-0.15, -0.1) is 0 Å². The zero-order chi connectivity index (χ0) is 19.2. The first-order chi connectivity index (χ1) is 13.1. The van der Waals surface area contributed by atoms with E-state index in [9.17, 15) is 4.39 Å². The summed E-state index contributed by atoms with van der Waals surface area (Å²) in [6.07, 6.45) is 0. The minimum atomic E-state index is -0.254. The van der Waals surface area contributed by atoms with E-state index in [1.165, 1.54) is 6.07 Å². The Kier molecular flexibility index (Phi) is 6.63. The fourth-order valence-electron chi connectivity index (χ4n) is 3.00. The van der Waals surface area contributed by atoms with Gasteiger partial charge in [0.2, 0.25) is 5.89 Å². The topological polar surface area (TPSA) is 69.8 Å². The van der Waals surface area contributed by atoms with Gasteiger partial charge in [-0.2, -0.15) is 4.98 Å². The lowest BCUT2D eigenvalue weighted by Crippen LogP contribution is -2.52. The van der Waals surface area contributed by atoms with Crippen molar-refractivity contribution >= 4 is 17.6 Å². The van der Waals surface area contributed by atoms with Crippen molar-refractivity contribution in [3.8, 4) is 0 Å². The van der Waals surface area contributed by atoms with Crippen LogP contribution in [0, 0.1) is 12.7 Å². The van der Waals surface area contributed by atoms with Crippen LogP contribution in [0.5, 0.6) is 0 Å². The van der Waals surface area contributed by atoms with E-state index in [2.05, 4.69) is 30.2 Å². The number of piperazine rings is 1. The zero-order valence-corrected chi connectivity index (χ0v) is 16.3. The van der Waals surface area contributed by atoms with E-state index in [0.717, 1.165) is 38.7 Å². The molecule has 0 atom stereocenters. The molecule has 1 aliphatic rings. The second-order valence-corrected chi connectivity index (χ2v) is 6.77. The molecular formula is C18H24ClFN6O. The van der Waals surface area contributed by atoms with Gasteiger partial charge in [0, 0.05) is 56.8 Å². The van der Waals surface area contributed by atoms with Crippen LogP contribution in [-0.4, -0.2) is 58.6 Å². The summed E-state index contributed by atoms with van der Waals surface area (Å²) in [5.74, 6) is 1.67. The van der Waals surface area contributed by atoms with Gasteiger partial charge in [0.15, 0.2) is 11.8 Å². The lowest BCUT2D eigenvalue weighted by molar-refractivity contribution is 0.171. The molecule has 9 heteroatoms. The van der Waals surface area contributed by atoms with Crippen LogP contribution >= 0.6 is 11.6 Å². The van der Waals surface area contributed by atoms with Gasteiger partial charge in [-0.25, -0.2) is 9.38 Å². The Morgan fingerprint density at radius 3 is 2.74 bits per heavy atom. The molecule has 1 aliphatic heterocycles. The molecule has 1 aromatic carbocycles. The van der Waals surface area contributed by atoms with Gasteiger partial charge < -0.3 is 14.7 Å². The first kappa shape index (κ1) is 19.6. The van der Waals surface area contributed by atoms with Crippen molar-refractivity contribution < 1.29 is 8.91 Å². The third-order valence-electron chi connectivity index (χ3n) is 4.39. The molecule has 2 aromatic rings. The number of aryl methyl sites for hydroxylation is 1. The number of hydrogen-bond donors (Lipinski definition) is 1. The van der Waals surface area contributed by atoms with Crippen LogP contribution in [-0.2, 0) is 13.1 Å². The Morgan fingerprint density at radius 2 is 2.11 bits per heavy atom. The van der Waals surface area contributed by atoms with Gasteiger partial charge in [-0.3, -0.25) is 4.90 Å². The average molecular weight is 395 g/mol. The van der Waals surface area contributed by atoms with Crippen LogP contribution in [0.3, 0.4) is 0 Å². The molecule has 3 rings (SSSR count). The molecule has 2 heterocycles. The molecule has 0 radical (unpaired) electrons. The number of benzene rings is 1. The van der Waals surface area contributed by atoms with Crippen molar-refractivity contribution in [2.24, 2.45) is 4.99 Å². The number of hydrogen-bond acceptors (Lipinski definition) is 5. The second-order valence-electron chi connectivity index (χ2n) is 6.36. The van der Waals surface area contributed by atoms with E-state index in [4.69, 9.17) is 16.1 Å². The van der Waals surface area contributed by atoms with Crippen molar-refractivity contribution in [1.82, 2.24) is 25.3 Å². The largest absolute Gasteiger partial charge is 0.357 e. The molecule has 0 spiro atoms. The standard InChI is InChI=1S/C18H24ClFN6O/c1-3-21-18(22-11-17-23-13(2)27-24-17)26-9-7-25(8-10-26)12-14-15(19)5-4-6-16(14)20/h4-6H,3,7-12H2,1-2H3,(H,21,22). The summed E-state index contributed by atoms with van der Waals surface area (Å²) >= 11 is 6.14. The molecule has 1 N–H and O–H groups in total. The van der Waals surface area contributed by atoms with Gasteiger partial charge in [-0.1, -0.05) is 22.8 Å². The lowest BCUT2D eigenvalue weighted by atomic mass is 10.2. The molecule has 1 fully saturated rings. The second kappa shape index (κ2) is 9.14. The predicted molar refractivity (Wildman–Crippen MR) is 102 cm³/mol. The fraction of sp³-hybridized carbons (Fsp3) is 0.500. The van der Waals surface area contributed by atoms with E-state index in [1.807, 2.05) is 6.92 Å². The van der Waals surface area contributed by atoms with Crippen molar-refractivity contribution in [3.63, 3.8) is 0 Å². The Labute approximate surface area is 163 Å². The molecule has 0 amide bonds. The van der Waals surface area contributed by atoms with E-state index >= 15 is 0 Å². The third kappa shape index (κ3) is 5.17. The molecule has 7 nitrogen and oxygen atoms in total. The fourth-order valence-corrected chi connectivity index (χ4v) is 3.22. The number of nitrogens with one attached hydrogen (secondary N) is 1. The summed E-state index contributed by atoms with van der Waals surface area (Å²) < 4.78 is 19.0. The molecule has 146 valence electrons. The Bertz CT molecular complexity index is 768. The molecule has 0 unspecified atom stereocenters. The van der Waals surface area contributed by atoms with Crippen molar-refractivity contribution in [3.05, 3.63) is 46.3 Å². The quantitative estimate of drug-likeness (QED) is 0.620. The minimum absolute atomic E-state index is 0.254. The van der Waals surface area contributed by atoms with E-state index in [-0.39, 0.29) is 5.82 Å². The highest BCUT2D eigenvalue weighted by molar-refractivity contribution is 6.31. The normalized spacial score (nSPS) is 16.0. The predicted octanol–water partition coefficient (Wildman–Crippen LogP) is 2.45. The Hall–Kier alpha value is -2.19. The third-order valence-corrected chi connectivity index (χ3v) is 4.74. The zero-order valence-electron chi connectivity index (χ0n) is 15.6. The molecule has 1 saturated heterocycles. The summed E-state index contributed by atoms with van der Waals surface area (Å²) in [5.41, 5.74) is 0.556. The highest BCUT2D eigenvalue weighted by Gasteiger charge is 2.21. The number of rotatable bonds is 5. The lowest BCUT2D eigenvalue weighted by Gasteiger charge is -2.36. The number of aliphatic imine (C=N–C) groups is 1. The van der Waals surface area contributed by atoms with Gasteiger partial charge in [0.25, 0.3) is 0 Å². The van der Waals surface area contributed by atoms with Crippen molar-refractivity contribution in [2.45, 2.75) is 26.9 Å². The number of nitrogens with zero attached hydrogens (tertiary/aromatic N) is 5. The van der Waals surface area contributed by atoms with Crippen LogP contribution in [0.2, 0.25) is 5.02 Å². The van der Waals surface area contributed by atoms with E-state index in [1.54, 1.807) is 19.1 Å². The van der Waals surface area contributed by atoms with Gasteiger partial charge >= 0.3 is 0 Å². The number of aromatic nitrogens is 2. The van der Waals surface area contributed by atoms with E-state index < -0.39 is 0 Å². The van der Waals surface area contributed by atoms with Crippen LogP contribution in [0.15, 0.2) is 27.7 Å². The minimum Gasteiger partial charge on any atom is -0.357 e. The van der Waals surface area contributed by atoms with Crippen LogP contribution < -0.4 is 5.32 Å². The summed E-state index contributed by atoms with van der Waals surface area (Å²) in [6.45, 7) is 8.63. The van der Waals surface area contributed by atoms with Gasteiger partial charge in [0.1, 0.15) is 12.4 Å². The molecule has 27 heavy (non-hydrogen) atoms. The van der Waals surface area contributed by atoms with Crippen LogP contribution in [0.25, 0.3) is 0 Å². The maximum absolute atomic E-state index is 14.0. The van der Waals surface area contributed by atoms with Crippen molar-refractivity contribution in [1.29, 1.82) is 0 Å². The van der Waals surface area contributed by atoms with Gasteiger partial charge in [-0.05, 0) is 19.1 Å². The van der Waals surface area contributed by atoms with Crippen LogP contribution in [0.4, 0.5) is 4.39 Å². The Balaban J connectivity index is 1.58. The maximum Gasteiger partial charge on any atom is 0.223 e. The molecule has 1 aromatic heterocycles. The first-order valence-electron chi connectivity index (χ1n) is 9.04. The number of halogens is 2. The van der Waals surface area contributed by atoms with Gasteiger partial charge in [0.05, 0.1) is 0 Å². The Morgan fingerprint density at radius 1 is 1.33 bits per heavy atom. The van der Waals surface area contributed by atoms with Crippen LogP contribution in [0.1, 0.15) is 24.2 Å². The highest BCUT2D eigenvalue weighted by Crippen LogP contribution is 2.21. The number of guanidine groups is 1. The molecule has 0 saturated carbocycles. The molecular weight excluding hydrogens is 371 g/mol. The van der Waals surface area contributed by atoms with E-state index in [0.29, 0.717) is 35.4 Å². The monoisotopic (exact) mass is 394 g/mol. The molecule has 0 bridgehead atoms. The SMILES string of the molecule is CCNC(=NCc1noc(C)n1)N1CCN(Cc2c(F)cccc2Cl)CC1. The van der Waals surface area contributed by atoms with Crippen molar-refractivity contribution in [2.75, 3.05) is 32.7 Å². The summed E-state index contributed by atoms with van der Waals surface area (Å²) in [5, 5.41) is 7.65.